The van der Waals surface area contributed by atoms with Gasteiger partial charge in [-0.15, -0.1) is 11.3 Å². The quantitative estimate of drug-likeness (QED) is 0.0694. The SMILES string of the molecule is C=C(NCCCc1cccc(C(C)=O)c1C(=C)C)c1sc(C)c(C(=NC(CC(C)=O)/C(C)=N/N=C(C)C)c2ccc(C)cc2)c1C.C=C1CCC(C)C(=C)N1.CC. The Morgan fingerprint density at radius 3 is 2.12 bits per heavy atom. The Labute approximate surface area is 348 Å². The number of Topliss-reactive ketones (excluding diaryl/α,β-unsaturated/α-hetero) is 2. The van der Waals surface area contributed by atoms with Gasteiger partial charge in [-0.3, -0.25) is 14.6 Å². The summed E-state index contributed by atoms with van der Waals surface area (Å²) in [4.78, 5) is 32.0. The van der Waals surface area contributed by atoms with Crippen molar-refractivity contribution in [2.24, 2.45) is 21.1 Å². The number of allylic oxidation sites excluding steroid dienone is 3. The summed E-state index contributed by atoms with van der Waals surface area (Å²) in [5.41, 5.74) is 13.5. The van der Waals surface area contributed by atoms with Crippen molar-refractivity contribution in [3.63, 3.8) is 0 Å². The Hall–Kier alpha value is -4.95. The molecule has 1 aliphatic heterocycles. The number of nitrogens with zero attached hydrogens (tertiary/aromatic N) is 3. The zero-order valence-electron chi connectivity index (χ0n) is 36.8. The van der Waals surface area contributed by atoms with Crippen LogP contribution in [0.4, 0.5) is 0 Å². The van der Waals surface area contributed by atoms with Crippen LogP contribution in [0.25, 0.3) is 11.3 Å². The molecule has 8 heteroatoms. The van der Waals surface area contributed by atoms with Crippen LogP contribution in [0.1, 0.15) is 141 Å². The second kappa shape index (κ2) is 23.3. The van der Waals surface area contributed by atoms with Crippen molar-refractivity contribution in [3.05, 3.63) is 129 Å². The van der Waals surface area contributed by atoms with Gasteiger partial charge in [0.05, 0.1) is 22.3 Å². The van der Waals surface area contributed by atoms with Crippen molar-refractivity contribution in [3.8, 4) is 0 Å². The molecule has 1 aromatic heterocycles. The minimum atomic E-state index is -0.439. The number of piperidine rings is 1. The van der Waals surface area contributed by atoms with Gasteiger partial charge in [-0.2, -0.15) is 10.2 Å². The van der Waals surface area contributed by atoms with Gasteiger partial charge in [0.2, 0.25) is 0 Å². The number of benzene rings is 2. The van der Waals surface area contributed by atoms with Gasteiger partial charge in [-0.25, -0.2) is 0 Å². The van der Waals surface area contributed by atoms with Gasteiger partial charge in [0.1, 0.15) is 5.78 Å². The topological polar surface area (TPSA) is 95.3 Å². The summed E-state index contributed by atoms with van der Waals surface area (Å²) in [6.45, 7) is 40.2. The van der Waals surface area contributed by atoms with Gasteiger partial charge in [-0.1, -0.05) is 101 Å². The second-order valence-electron chi connectivity index (χ2n) is 14.9. The van der Waals surface area contributed by atoms with E-state index in [0.29, 0.717) is 11.6 Å². The first-order valence-corrected chi connectivity index (χ1v) is 20.9. The molecule has 4 rings (SSSR count). The van der Waals surface area contributed by atoms with E-state index in [1.54, 1.807) is 25.2 Å². The molecule has 2 heterocycles. The molecule has 2 unspecified atom stereocenters. The Bertz CT molecular complexity index is 2020. The maximum absolute atomic E-state index is 12.3. The molecule has 0 bridgehead atoms. The number of carbonyl (C=O) groups excluding carboxylic acids is 2. The van der Waals surface area contributed by atoms with E-state index in [2.05, 4.69) is 105 Å². The van der Waals surface area contributed by atoms with Crippen molar-refractivity contribution >= 4 is 51.3 Å². The standard InChI is InChI=1S/C39H48N4O2S.C8H13N.C2H6/c1-23(2)36-32(14-12-16-34(36)30(10)45)15-13-21-40-29(9)39-27(7)37(31(11)46-39)38(33-19-17-25(5)18-20-33)41-35(22-26(6)44)28(8)43-42-24(3)4;1-6-4-5-7(2)9-8(6)3;1-2/h12,14,16-20,35,40H,1,9,13,15,21-22H2,2-8,10-11H3;6,9H,2-5H2,1H3;1-2H3/b41-38?,43-28+;;. The fraction of sp³-hybridized carbons (Fsp3) is 0.408. The first-order chi connectivity index (χ1) is 26.9. The first kappa shape index (κ1) is 48.2. The molecule has 2 atom stereocenters. The minimum Gasteiger partial charge on any atom is -0.384 e. The van der Waals surface area contributed by atoms with E-state index < -0.39 is 6.04 Å². The Morgan fingerprint density at radius 1 is 0.930 bits per heavy atom. The second-order valence-corrected chi connectivity index (χ2v) is 16.1. The number of hydrogen-bond donors (Lipinski definition) is 2. The Morgan fingerprint density at radius 2 is 1.58 bits per heavy atom. The summed E-state index contributed by atoms with van der Waals surface area (Å²) in [6, 6.07) is 13.8. The fourth-order valence-electron chi connectivity index (χ4n) is 6.43. The third-order valence-electron chi connectivity index (χ3n) is 9.54. The Kier molecular flexibility index (Phi) is 19.7. The smallest absolute Gasteiger partial charge is 0.160 e. The van der Waals surface area contributed by atoms with E-state index in [4.69, 9.17) is 4.99 Å². The lowest BCUT2D eigenvalue weighted by molar-refractivity contribution is -0.117. The Balaban J connectivity index is 0.000000883. The number of rotatable bonds is 15. The molecular formula is C49H67N5O2S. The average molecular weight is 790 g/mol. The fourth-order valence-corrected chi connectivity index (χ4v) is 7.54. The third kappa shape index (κ3) is 14.5. The summed E-state index contributed by atoms with van der Waals surface area (Å²) in [5, 5.41) is 15.3. The highest BCUT2D eigenvalue weighted by atomic mass is 32.1. The van der Waals surface area contributed by atoms with Crippen LogP contribution in [0.5, 0.6) is 0 Å². The highest BCUT2D eigenvalue weighted by Gasteiger charge is 2.23. The van der Waals surface area contributed by atoms with Crippen molar-refractivity contribution in [2.45, 2.75) is 121 Å². The van der Waals surface area contributed by atoms with Gasteiger partial charge >= 0.3 is 0 Å². The number of nitrogens with one attached hydrogen (secondary N) is 2. The van der Waals surface area contributed by atoms with E-state index >= 15 is 0 Å². The van der Waals surface area contributed by atoms with E-state index in [-0.39, 0.29) is 18.0 Å². The van der Waals surface area contributed by atoms with Crippen LogP contribution < -0.4 is 10.6 Å². The number of aliphatic imine (C=N–C) groups is 1. The summed E-state index contributed by atoms with van der Waals surface area (Å²) < 4.78 is 0. The number of carbonyl (C=O) groups is 2. The van der Waals surface area contributed by atoms with Crippen LogP contribution in [0.3, 0.4) is 0 Å². The molecule has 7 nitrogen and oxygen atoms in total. The van der Waals surface area contributed by atoms with Crippen LogP contribution in [-0.4, -0.2) is 41.3 Å². The molecule has 1 aliphatic rings. The maximum Gasteiger partial charge on any atom is 0.160 e. The van der Waals surface area contributed by atoms with Crippen LogP contribution in [0, 0.1) is 26.7 Å². The molecule has 306 valence electrons. The first-order valence-electron chi connectivity index (χ1n) is 20.1. The molecule has 0 radical (unpaired) electrons. The lowest BCUT2D eigenvalue weighted by Gasteiger charge is -2.24. The predicted molar refractivity (Wildman–Crippen MR) is 249 cm³/mol. The number of thiophene rings is 1. The van der Waals surface area contributed by atoms with Crippen LogP contribution in [0.15, 0.2) is 95.4 Å². The molecule has 2 aromatic carbocycles. The largest absolute Gasteiger partial charge is 0.384 e. The monoisotopic (exact) mass is 790 g/mol. The maximum atomic E-state index is 12.3. The third-order valence-corrected chi connectivity index (χ3v) is 10.8. The van der Waals surface area contributed by atoms with Crippen LogP contribution >= 0.6 is 11.3 Å². The summed E-state index contributed by atoms with van der Waals surface area (Å²) >= 11 is 1.69. The molecule has 0 spiro atoms. The summed E-state index contributed by atoms with van der Waals surface area (Å²) in [7, 11) is 0. The van der Waals surface area contributed by atoms with Crippen molar-refractivity contribution in [1.29, 1.82) is 0 Å². The predicted octanol–water partition coefficient (Wildman–Crippen LogP) is 12.2. The molecular weight excluding hydrogens is 723 g/mol. The molecule has 0 amide bonds. The summed E-state index contributed by atoms with van der Waals surface area (Å²) in [5.74, 6) is 0.721. The van der Waals surface area contributed by atoms with Gasteiger partial charge in [0, 0.05) is 57.3 Å². The van der Waals surface area contributed by atoms with Gasteiger partial charge in [0.15, 0.2) is 5.78 Å². The van der Waals surface area contributed by atoms with Gasteiger partial charge in [0.25, 0.3) is 0 Å². The lowest BCUT2D eigenvalue weighted by atomic mass is 9.91. The van der Waals surface area contributed by atoms with Gasteiger partial charge in [-0.05, 0) is 111 Å². The number of ketones is 2. The van der Waals surface area contributed by atoms with Gasteiger partial charge < -0.3 is 10.6 Å². The minimum absolute atomic E-state index is 0.0455. The molecule has 0 aliphatic carbocycles. The number of aryl methyl sites for hydroxylation is 3. The van der Waals surface area contributed by atoms with Crippen LogP contribution in [-0.2, 0) is 11.2 Å². The normalized spacial score (nSPS) is 14.6. The van der Waals surface area contributed by atoms with E-state index in [1.807, 2.05) is 53.7 Å². The van der Waals surface area contributed by atoms with Crippen molar-refractivity contribution in [1.82, 2.24) is 10.6 Å². The van der Waals surface area contributed by atoms with Crippen molar-refractivity contribution in [2.75, 3.05) is 6.54 Å². The molecule has 2 N–H and O–H groups in total. The number of hydrogen-bond acceptors (Lipinski definition) is 8. The van der Waals surface area contributed by atoms with Crippen molar-refractivity contribution < 1.29 is 9.59 Å². The highest BCUT2D eigenvalue weighted by Crippen LogP contribution is 2.34. The van der Waals surface area contributed by atoms with E-state index in [9.17, 15) is 9.59 Å². The molecule has 1 saturated heterocycles. The van der Waals surface area contributed by atoms with E-state index in [0.717, 1.165) is 109 Å². The molecule has 1 fully saturated rings. The van der Waals surface area contributed by atoms with Crippen LogP contribution in [0.2, 0.25) is 0 Å². The molecule has 3 aromatic rings. The zero-order chi connectivity index (χ0) is 43.0. The molecule has 0 saturated carbocycles. The lowest BCUT2D eigenvalue weighted by Crippen LogP contribution is -2.22. The zero-order valence-corrected chi connectivity index (χ0v) is 37.7. The summed E-state index contributed by atoms with van der Waals surface area (Å²) in [6.07, 6.45) is 4.24. The average Bonchev–Trinajstić information content (AvgIpc) is 3.46. The molecule has 57 heavy (non-hydrogen) atoms. The van der Waals surface area contributed by atoms with E-state index in [1.165, 1.54) is 6.42 Å². The highest BCUT2D eigenvalue weighted by molar-refractivity contribution is 7.13.